The first kappa shape index (κ1) is 31.9. The molecule has 0 aliphatic rings. The highest BCUT2D eigenvalue weighted by Crippen LogP contribution is 2.29. The molecule has 0 bridgehead atoms. The minimum absolute atomic E-state index is 0.175. The summed E-state index contributed by atoms with van der Waals surface area (Å²) in [5.41, 5.74) is 5.48. The maximum atomic E-state index is 13.7. The van der Waals surface area contributed by atoms with Gasteiger partial charge in [-0.05, 0) is 54.4 Å². The summed E-state index contributed by atoms with van der Waals surface area (Å²) < 4.78 is 16.1. The fourth-order valence-corrected chi connectivity index (χ4v) is 7.27. The van der Waals surface area contributed by atoms with E-state index in [1.54, 1.807) is 79.0 Å². The molecule has 3 heterocycles. The predicted molar refractivity (Wildman–Crippen MR) is 190 cm³/mol. The number of amides is 3. The number of nitrogens with one attached hydrogen (secondary N) is 2. The number of thiazole rings is 2. The summed E-state index contributed by atoms with van der Waals surface area (Å²) >= 11 is 2.71. The monoisotopic (exact) mass is 688 g/mol. The minimum Gasteiger partial charge on any atom is -0.339 e. The Kier molecular flexibility index (Phi) is 8.72. The molecule has 7 aromatic rings. The first-order valence-corrected chi connectivity index (χ1v) is 17.0. The van der Waals surface area contributed by atoms with Crippen LogP contribution in [0.4, 0.5) is 10.1 Å². The van der Waals surface area contributed by atoms with Crippen molar-refractivity contribution >= 4 is 61.3 Å². The Labute approximate surface area is 288 Å². The average molecular weight is 689 g/mol. The van der Waals surface area contributed by atoms with Crippen molar-refractivity contribution in [2.75, 3.05) is 12.4 Å². The molecule has 0 aliphatic heterocycles. The summed E-state index contributed by atoms with van der Waals surface area (Å²) in [4.78, 5) is 52.3. The first-order valence-electron chi connectivity index (χ1n) is 15.3. The molecular formula is C37H29FN6O3S2. The molecule has 3 amide bonds. The summed E-state index contributed by atoms with van der Waals surface area (Å²) in [6.07, 6.45) is 1.93. The van der Waals surface area contributed by atoms with Gasteiger partial charge in [-0.25, -0.2) is 14.4 Å². The van der Waals surface area contributed by atoms with Crippen LogP contribution < -0.4 is 10.6 Å². The maximum absolute atomic E-state index is 13.7. The summed E-state index contributed by atoms with van der Waals surface area (Å²) in [5, 5.41) is 8.06. The van der Waals surface area contributed by atoms with Gasteiger partial charge in [0, 0.05) is 47.7 Å². The highest BCUT2D eigenvalue weighted by molar-refractivity contribution is 7.20. The van der Waals surface area contributed by atoms with Crippen LogP contribution in [-0.4, -0.2) is 44.0 Å². The smallest absolute Gasteiger partial charge is 0.281 e. The second kappa shape index (κ2) is 13.4. The number of carbonyl (C=O) groups excluding carboxylic acids is 3. The minimum atomic E-state index is -0.976. The van der Waals surface area contributed by atoms with Gasteiger partial charge < -0.3 is 15.5 Å². The highest BCUT2D eigenvalue weighted by Gasteiger charge is 2.27. The van der Waals surface area contributed by atoms with Crippen LogP contribution in [0.1, 0.15) is 43.0 Å². The van der Waals surface area contributed by atoms with E-state index in [2.05, 4.69) is 15.6 Å². The molecule has 7 rings (SSSR count). The third kappa shape index (κ3) is 6.69. The Morgan fingerprint density at radius 2 is 1.67 bits per heavy atom. The van der Waals surface area contributed by atoms with E-state index in [0.29, 0.717) is 32.7 Å². The van der Waals surface area contributed by atoms with Crippen molar-refractivity contribution in [1.29, 1.82) is 0 Å². The van der Waals surface area contributed by atoms with Crippen molar-refractivity contribution in [3.8, 4) is 11.3 Å². The summed E-state index contributed by atoms with van der Waals surface area (Å²) in [6, 6.07) is 26.5. The number of hydrogen-bond acceptors (Lipinski definition) is 7. The van der Waals surface area contributed by atoms with Crippen molar-refractivity contribution in [2.45, 2.75) is 19.5 Å². The molecule has 244 valence electrons. The van der Waals surface area contributed by atoms with E-state index in [0.717, 1.165) is 33.1 Å². The molecule has 0 saturated heterocycles. The van der Waals surface area contributed by atoms with E-state index >= 15 is 0 Å². The van der Waals surface area contributed by atoms with Gasteiger partial charge in [-0.2, -0.15) is 0 Å². The quantitative estimate of drug-likeness (QED) is 0.163. The van der Waals surface area contributed by atoms with Gasteiger partial charge >= 0.3 is 0 Å². The maximum Gasteiger partial charge on any atom is 0.281 e. The summed E-state index contributed by atoms with van der Waals surface area (Å²) in [6.45, 7) is 2.24. The molecule has 0 radical (unpaired) electrons. The standard InChI is InChI=1S/C37H29FN6O3S2/c1-22-21-48-37-41-30(20-44(22)37)27-10-6-7-11-28(27)33(45)39-26-16-17-29-31(18-26)49-35(40-29)34(46)42-32(24-8-4-3-5-9-24)36(47)43(2)19-23-12-14-25(38)15-13-23/h3-18,20-21,32H,19H2,1-2H3,(H,39,45)(H,42,46). The fourth-order valence-electron chi connectivity index (χ4n) is 5.51. The van der Waals surface area contributed by atoms with Gasteiger partial charge in [0.2, 0.25) is 5.91 Å². The molecule has 4 aromatic carbocycles. The number of benzene rings is 4. The number of hydrogen-bond donors (Lipinski definition) is 2. The van der Waals surface area contributed by atoms with Crippen molar-refractivity contribution in [3.63, 3.8) is 0 Å². The molecule has 49 heavy (non-hydrogen) atoms. The predicted octanol–water partition coefficient (Wildman–Crippen LogP) is 7.50. The Hall–Kier alpha value is -5.72. The number of fused-ring (bicyclic) bond motifs is 2. The summed E-state index contributed by atoms with van der Waals surface area (Å²) in [5.74, 6) is -1.49. The van der Waals surface area contributed by atoms with Crippen LogP contribution in [0.2, 0.25) is 0 Å². The molecule has 2 N–H and O–H groups in total. The zero-order valence-corrected chi connectivity index (χ0v) is 28.0. The van der Waals surface area contributed by atoms with E-state index in [9.17, 15) is 18.8 Å². The van der Waals surface area contributed by atoms with E-state index in [1.807, 2.05) is 47.2 Å². The summed E-state index contributed by atoms with van der Waals surface area (Å²) in [7, 11) is 1.64. The van der Waals surface area contributed by atoms with Crippen LogP contribution in [0.5, 0.6) is 0 Å². The normalized spacial score (nSPS) is 11.8. The zero-order chi connectivity index (χ0) is 34.1. The van der Waals surface area contributed by atoms with Crippen molar-refractivity contribution in [3.05, 3.63) is 142 Å². The van der Waals surface area contributed by atoms with Gasteiger partial charge in [0.05, 0.1) is 15.9 Å². The number of anilines is 1. The van der Waals surface area contributed by atoms with E-state index < -0.39 is 11.9 Å². The SMILES string of the molecule is Cc1csc2nc(-c3ccccc3C(=O)Nc3ccc4nc(C(=O)NC(C(=O)N(C)Cc5ccc(F)cc5)c5ccccc5)sc4c3)cn12. The fraction of sp³-hybridized carbons (Fsp3) is 0.108. The molecular weight excluding hydrogens is 660 g/mol. The van der Waals surface area contributed by atoms with E-state index in [4.69, 9.17) is 4.98 Å². The Morgan fingerprint density at radius 3 is 2.45 bits per heavy atom. The van der Waals surface area contributed by atoms with E-state index in [-0.39, 0.29) is 29.2 Å². The highest BCUT2D eigenvalue weighted by atomic mass is 32.1. The first-order chi connectivity index (χ1) is 23.7. The number of imidazole rings is 1. The Balaban J connectivity index is 1.09. The lowest BCUT2D eigenvalue weighted by Crippen LogP contribution is -2.41. The van der Waals surface area contributed by atoms with Gasteiger partial charge in [0.1, 0.15) is 11.9 Å². The Bertz CT molecular complexity index is 2330. The number of rotatable bonds is 9. The number of likely N-dealkylation sites (N-methyl/N-ethyl adjacent to an activating group) is 1. The van der Waals surface area contributed by atoms with Crippen LogP contribution in [0.25, 0.3) is 26.4 Å². The van der Waals surface area contributed by atoms with Crippen LogP contribution in [-0.2, 0) is 11.3 Å². The number of aryl methyl sites for hydroxylation is 1. The zero-order valence-electron chi connectivity index (χ0n) is 26.4. The van der Waals surface area contributed by atoms with E-state index in [1.165, 1.54) is 17.0 Å². The second-order valence-corrected chi connectivity index (χ2v) is 13.4. The lowest BCUT2D eigenvalue weighted by molar-refractivity contribution is -0.132. The third-order valence-corrected chi connectivity index (χ3v) is 10.0. The van der Waals surface area contributed by atoms with Crippen LogP contribution >= 0.6 is 22.7 Å². The van der Waals surface area contributed by atoms with Crippen molar-refractivity contribution in [2.24, 2.45) is 0 Å². The molecule has 0 spiro atoms. The van der Waals surface area contributed by atoms with Gasteiger partial charge in [0.15, 0.2) is 9.97 Å². The van der Waals surface area contributed by atoms with Crippen LogP contribution in [0.15, 0.2) is 109 Å². The molecule has 1 atom stereocenters. The number of aromatic nitrogens is 3. The molecule has 0 aliphatic carbocycles. The molecule has 3 aromatic heterocycles. The Morgan fingerprint density at radius 1 is 0.918 bits per heavy atom. The van der Waals surface area contributed by atoms with Crippen molar-refractivity contribution in [1.82, 2.24) is 24.6 Å². The molecule has 0 fully saturated rings. The molecule has 1 unspecified atom stereocenters. The molecule has 12 heteroatoms. The average Bonchev–Trinajstić information content (AvgIpc) is 3.84. The number of halogens is 1. The lowest BCUT2D eigenvalue weighted by atomic mass is 10.0. The van der Waals surface area contributed by atoms with Gasteiger partial charge in [0.25, 0.3) is 11.8 Å². The lowest BCUT2D eigenvalue weighted by Gasteiger charge is -2.25. The van der Waals surface area contributed by atoms with Gasteiger partial charge in [-0.3, -0.25) is 18.8 Å². The van der Waals surface area contributed by atoms with Gasteiger partial charge in [-0.1, -0.05) is 60.7 Å². The largest absolute Gasteiger partial charge is 0.339 e. The topological polar surface area (TPSA) is 109 Å². The second-order valence-electron chi connectivity index (χ2n) is 11.5. The molecule has 9 nitrogen and oxygen atoms in total. The van der Waals surface area contributed by atoms with Gasteiger partial charge in [-0.15, -0.1) is 22.7 Å². The third-order valence-electron chi connectivity index (χ3n) is 8.04. The van der Waals surface area contributed by atoms with Crippen LogP contribution in [0, 0.1) is 12.7 Å². The van der Waals surface area contributed by atoms with Crippen LogP contribution in [0.3, 0.4) is 0 Å². The number of nitrogens with zero attached hydrogens (tertiary/aromatic N) is 4. The number of carbonyl (C=O) groups is 3. The molecule has 0 saturated carbocycles. The van der Waals surface area contributed by atoms with Crippen molar-refractivity contribution < 1.29 is 18.8 Å².